The van der Waals surface area contributed by atoms with E-state index in [2.05, 4.69) is 34.5 Å². The van der Waals surface area contributed by atoms with Gasteiger partial charge in [-0.05, 0) is 79.0 Å². The predicted octanol–water partition coefficient (Wildman–Crippen LogP) is 5.17. The third-order valence-electron chi connectivity index (χ3n) is 9.40. The highest BCUT2D eigenvalue weighted by Crippen LogP contribution is 2.57. The first-order valence-corrected chi connectivity index (χ1v) is 14.6. The number of rotatable bonds is 6. The van der Waals surface area contributed by atoms with Gasteiger partial charge in [0, 0.05) is 31.3 Å². The normalized spacial score (nSPS) is 26.3. The van der Waals surface area contributed by atoms with Crippen LogP contribution < -0.4 is 15.0 Å². The van der Waals surface area contributed by atoms with E-state index in [1.54, 1.807) is 7.11 Å². The van der Waals surface area contributed by atoms with Crippen molar-refractivity contribution in [2.24, 2.45) is 11.8 Å². The van der Waals surface area contributed by atoms with Crippen LogP contribution in [0.2, 0.25) is 0 Å². The van der Waals surface area contributed by atoms with Crippen molar-refractivity contribution in [1.82, 2.24) is 5.32 Å². The molecule has 0 radical (unpaired) electrons. The average molecular weight is 533 g/mol. The summed E-state index contributed by atoms with van der Waals surface area (Å²) in [6.45, 7) is 1.92. The molecule has 1 saturated carbocycles. The summed E-state index contributed by atoms with van der Waals surface area (Å²) >= 11 is 0. The smallest absolute Gasteiger partial charge is 0.337 e. The molecular weight excluding hydrogens is 492 g/mol. The minimum Gasteiger partial charge on any atom is -0.497 e. The van der Waals surface area contributed by atoms with Gasteiger partial charge in [0.25, 0.3) is 0 Å². The van der Waals surface area contributed by atoms with Gasteiger partial charge in [-0.2, -0.15) is 0 Å². The molecule has 3 aliphatic heterocycles. The summed E-state index contributed by atoms with van der Waals surface area (Å²) in [6.07, 6.45) is 9.03. The first-order chi connectivity index (χ1) is 19.1. The van der Waals surface area contributed by atoms with Gasteiger partial charge in [0.2, 0.25) is 5.91 Å². The van der Waals surface area contributed by atoms with Gasteiger partial charge in [0.15, 0.2) is 0 Å². The molecule has 1 saturated heterocycles. The van der Waals surface area contributed by atoms with Crippen LogP contribution in [-0.2, 0) is 20.7 Å². The van der Waals surface area contributed by atoms with E-state index >= 15 is 0 Å². The summed E-state index contributed by atoms with van der Waals surface area (Å²) in [4.78, 5) is 28.7. The van der Waals surface area contributed by atoms with Crippen molar-refractivity contribution in [3.63, 3.8) is 0 Å². The van der Waals surface area contributed by atoms with E-state index in [0.717, 1.165) is 30.9 Å². The summed E-state index contributed by atoms with van der Waals surface area (Å²) < 4.78 is 16.5. The Bertz CT molecular complexity index is 1220. The molecule has 1 amide bonds. The van der Waals surface area contributed by atoms with Crippen LogP contribution in [0.1, 0.15) is 84.0 Å². The van der Waals surface area contributed by atoms with E-state index in [9.17, 15) is 9.59 Å². The monoisotopic (exact) mass is 532 g/mol. The van der Waals surface area contributed by atoms with Crippen molar-refractivity contribution in [1.29, 1.82) is 0 Å². The molecule has 39 heavy (non-hydrogen) atoms. The molecule has 1 N–H and O–H groups in total. The van der Waals surface area contributed by atoms with Crippen molar-refractivity contribution in [3.05, 3.63) is 58.7 Å². The Morgan fingerprint density at radius 3 is 2.56 bits per heavy atom. The first-order valence-electron chi connectivity index (χ1n) is 14.6. The molecule has 4 atom stereocenters. The number of hydrogen-bond donors (Lipinski definition) is 1. The van der Waals surface area contributed by atoms with Gasteiger partial charge < -0.3 is 24.4 Å². The highest BCUT2D eigenvalue weighted by Gasteiger charge is 2.47. The highest BCUT2D eigenvalue weighted by atomic mass is 16.5. The van der Waals surface area contributed by atoms with E-state index in [0.29, 0.717) is 36.9 Å². The Labute approximate surface area is 231 Å². The van der Waals surface area contributed by atoms with Crippen LogP contribution in [0.5, 0.6) is 5.75 Å². The Hall–Kier alpha value is -3.06. The number of benzene rings is 2. The topological polar surface area (TPSA) is 77.1 Å². The fourth-order valence-corrected chi connectivity index (χ4v) is 7.49. The molecule has 2 fully saturated rings. The van der Waals surface area contributed by atoms with E-state index < -0.39 is 0 Å². The Kier molecular flexibility index (Phi) is 7.52. The molecule has 1 aliphatic carbocycles. The first kappa shape index (κ1) is 26.2. The zero-order valence-corrected chi connectivity index (χ0v) is 23.1. The van der Waals surface area contributed by atoms with Crippen LogP contribution >= 0.6 is 0 Å². The second-order valence-electron chi connectivity index (χ2n) is 11.6. The van der Waals surface area contributed by atoms with Crippen LogP contribution in [0.15, 0.2) is 36.4 Å². The van der Waals surface area contributed by atoms with Crippen LogP contribution in [0.4, 0.5) is 5.69 Å². The van der Waals surface area contributed by atoms with Gasteiger partial charge in [-0.25, -0.2) is 4.79 Å². The number of nitrogens with zero attached hydrogens (tertiary/aromatic N) is 1. The third-order valence-corrected chi connectivity index (χ3v) is 9.40. The maximum absolute atomic E-state index is 13.7. The van der Waals surface area contributed by atoms with Gasteiger partial charge in [-0.1, -0.05) is 31.4 Å². The summed E-state index contributed by atoms with van der Waals surface area (Å²) in [5, 5.41) is 3.20. The van der Waals surface area contributed by atoms with E-state index in [1.165, 1.54) is 55.9 Å². The van der Waals surface area contributed by atoms with Gasteiger partial charge in [0.05, 0.1) is 37.8 Å². The minimum absolute atomic E-state index is 0.0618. The van der Waals surface area contributed by atoms with Crippen LogP contribution in [-0.4, -0.2) is 51.9 Å². The summed E-state index contributed by atoms with van der Waals surface area (Å²) in [5.74, 6) is 1.19. The fraction of sp³-hybridized carbons (Fsp3) is 0.562. The van der Waals surface area contributed by atoms with Crippen LogP contribution in [0.25, 0.3) is 0 Å². The van der Waals surface area contributed by atoms with E-state index in [4.69, 9.17) is 14.2 Å². The van der Waals surface area contributed by atoms with Gasteiger partial charge in [-0.3, -0.25) is 4.79 Å². The van der Waals surface area contributed by atoms with Gasteiger partial charge in [-0.15, -0.1) is 0 Å². The SMILES string of the molecule is COC(=O)c1ccc2c(c1)N1CC(C(=O)NCC3CCCO3)Cc3cc(OC)ccc3C1C2C1CCCCC1. The van der Waals surface area contributed by atoms with Crippen molar-refractivity contribution in [3.8, 4) is 5.75 Å². The lowest BCUT2D eigenvalue weighted by Gasteiger charge is -2.36. The lowest BCUT2D eigenvalue weighted by atomic mass is 9.72. The molecule has 0 bridgehead atoms. The number of amides is 1. The van der Waals surface area contributed by atoms with Crippen molar-refractivity contribution in [2.45, 2.75) is 69.4 Å². The third kappa shape index (κ3) is 5.02. The molecule has 0 spiro atoms. The Morgan fingerprint density at radius 1 is 1.00 bits per heavy atom. The fourth-order valence-electron chi connectivity index (χ4n) is 7.49. The predicted molar refractivity (Wildman–Crippen MR) is 149 cm³/mol. The van der Waals surface area contributed by atoms with Gasteiger partial charge >= 0.3 is 5.97 Å². The lowest BCUT2D eigenvalue weighted by molar-refractivity contribution is -0.125. The molecule has 6 rings (SSSR count). The number of methoxy groups -OCH3 is 2. The van der Waals surface area contributed by atoms with Crippen LogP contribution in [0.3, 0.4) is 0 Å². The number of carbonyl (C=O) groups is 2. The molecule has 2 aromatic carbocycles. The highest BCUT2D eigenvalue weighted by molar-refractivity contribution is 5.91. The number of carbonyl (C=O) groups excluding carboxylic acids is 2. The Balaban J connectivity index is 1.42. The summed E-state index contributed by atoms with van der Waals surface area (Å²) in [6, 6.07) is 12.6. The minimum atomic E-state index is -0.332. The lowest BCUT2D eigenvalue weighted by Crippen LogP contribution is -2.41. The summed E-state index contributed by atoms with van der Waals surface area (Å²) in [7, 11) is 3.12. The molecule has 4 aliphatic rings. The van der Waals surface area contributed by atoms with E-state index in [-0.39, 0.29) is 29.9 Å². The molecule has 7 heteroatoms. The van der Waals surface area contributed by atoms with Crippen molar-refractivity contribution >= 4 is 17.6 Å². The van der Waals surface area contributed by atoms with Crippen LogP contribution in [0, 0.1) is 11.8 Å². The maximum atomic E-state index is 13.7. The average Bonchev–Trinajstić information content (AvgIpc) is 3.57. The molecule has 0 aromatic heterocycles. The zero-order valence-electron chi connectivity index (χ0n) is 23.1. The van der Waals surface area contributed by atoms with Gasteiger partial charge in [0.1, 0.15) is 5.75 Å². The standard InChI is InChI=1S/C32H40N2O5/c1-37-24-11-13-26-22(16-24)15-23(31(35)33-18-25-9-6-14-39-25)19-34-28-17-21(32(36)38-2)10-12-27(28)29(30(26)34)20-7-4-3-5-8-20/h10-13,16-17,20,23,25,29-30H,3-9,14-15,18-19H2,1-2H3,(H,33,35). The molecule has 7 nitrogen and oxygen atoms in total. The number of esters is 1. The number of ether oxygens (including phenoxy) is 3. The Morgan fingerprint density at radius 2 is 1.82 bits per heavy atom. The number of nitrogens with one attached hydrogen (secondary N) is 1. The molecule has 2 aromatic rings. The molecule has 3 heterocycles. The van der Waals surface area contributed by atoms with Crippen molar-refractivity contribution in [2.75, 3.05) is 38.8 Å². The zero-order chi connectivity index (χ0) is 26.9. The maximum Gasteiger partial charge on any atom is 0.337 e. The number of hydrogen-bond acceptors (Lipinski definition) is 6. The summed E-state index contributed by atoms with van der Waals surface area (Å²) in [5.41, 5.74) is 5.37. The molecule has 4 unspecified atom stereocenters. The second kappa shape index (κ2) is 11.2. The van der Waals surface area contributed by atoms with Crippen molar-refractivity contribution < 1.29 is 23.8 Å². The molecule has 208 valence electrons. The van der Waals surface area contributed by atoms with E-state index in [1.807, 2.05) is 12.1 Å². The molecular formula is C32H40N2O5. The number of anilines is 1. The number of fused-ring (bicyclic) bond motifs is 5. The quantitative estimate of drug-likeness (QED) is 0.517. The second-order valence-corrected chi connectivity index (χ2v) is 11.6. The largest absolute Gasteiger partial charge is 0.497 e.